The lowest BCUT2D eigenvalue weighted by molar-refractivity contribution is 0.584. The quantitative estimate of drug-likeness (QED) is 0.561. The Balaban J connectivity index is 4.66. The van der Waals surface area contributed by atoms with Crippen molar-refractivity contribution in [2.24, 2.45) is 5.92 Å². The summed E-state index contributed by atoms with van der Waals surface area (Å²) in [5, 5.41) is 0.151. The molecule has 0 radical (unpaired) electrons. The summed E-state index contributed by atoms with van der Waals surface area (Å²) >= 11 is 39.5. The van der Waals surface area contributed by atoms with E-state index in [9.17, 15) is 0 Å². The van der Waals surface area contributed by atoms with E-state index >= 15 is 0 Å². The Morgan fingerprint density at radius 2 is 1.57 bits per heavy atom. The zero-order chi connectivity index (χ0) is 11.4. The summed E-state index contributed by atoms with van der Waals surface area (Å²) in [5.41, 5.74) is 0. The van der Waals surface area contributed by atoms with Gasteiger partial charge in [-0.15, -0.1) is 11.6 Å². The van der Waals surface area contributed by atoms with Crippen LogP contribution in [-0.4, -0.2) is 9.67 Å². The number of hydrogen-bond donors (Lipinski definition) is 0. The van der Waals surface area contributed by atoms with Crippen molar-refractivity contribution in [3.63, 3.8) is 0 Å². The van der Waals surface area contributed by atoms with Crippen molar-refractivity contribution in [2.75, 3.05) is 5.88 Å². The summed E-state index contributed by atoms with van der Waals surface area (Å²) < 4.78 is -1.62. The molecular weight excluding hydrogens is 332 g/mol. The van der Waals surface area contributed by atoms with Gasteiger partial charge in [-0.25, -0.2) is 0 Å². The number of alkyl halides is 4. The molecule has 0 rings (SSSR count). The van der Waals surface area contributed by atoms with Gasteiger partial charge in [0, 0.05) is 11.8 Å². The maximum atomic E-state index is 5.82. The van der Waals surface area contributed by atoms with Crippen molar-refractivity contribution < 1.29 is 0 Å². The molecule has 0 spiro atoms. The highest BCUT2D eigenvalue weighted by Gasteiger charge is 2.35. The minimum atomic E-state index is -1.53. The van der Waals surface area contributed by atoms with Gasteiger partial charge >= 0.3 is 0 Å². The number of allylic oxidation sites excluding steroid dienone is 1. The summed E-state index contributed by atoms with van der Waals surface area (Å²) in [5.74, 6) is -0.0701. The highest BCUT2D eigenvalue weighted by molar-refractivity contribution is 6.68. The third kappa shape index (κ3) is 5.75. The first-order valence-electron chi connectivity index (χ1n) is 3.64. The van der Waals surface area contributed by atoms with Gasteiger partial charge < -0.3 is 0 Å². The smallest absolute Gasteiger partial charge is 0.127 e. The molecule has 0 aliphatic heterocycles. The van der Waals surface area contributed by atoms with E-state index in [-0.39, 0.29) is 9.52 Å². The van der Waals surface area contributed by atoms with Gasteiger partial charge in [-0.3, -0.25) is 0 Å². The van der Waals surface area contributed by atoms with Crippen LogP contribution in [0.2, 0.25) is 0 Å². The fourth-order valence-corrected chi connectivity index (χ4v) is 2.36. The molecule has 1 unspecified atom stereocenters. The van der Waals surface area contributed by atoms with Gasteiger partial charge in [0.25, 0.3) is 0 Å². The van der Waals surface area contributed by atoms with Crippen LogP contribution in [0.25, 0.3) is 0 Å². The van der Waals surface area contributed by atoms with Crippen LogP contribution in [0.5, 0.6) is 0 Å². The van der Waals surface area contributed by atoms with Crippen LogP contribution < -0.4 is 0 Å². The zero-order valence-electron chi connectivity index (χ0n) is 6.84. The largest absolute Gasteiger partial charge is 0.198 e. The van der Waals surface area contributed by atoms with E-state index in [4.69, 9.17) is 81.2 Å². The van der Waals surface area contributed by atoms with Gasteiger partial charge in [0.05, 0.1) is 5.03 Å². The lowest BCUT2D eigenvalue weighted by Gasteiger charge is -2.23. The predicted octanol–water partition coefficient (Wildman–Crippen LogP) is 5.88. The second-order valence-electron chi connectivity index (χ2n) is 2.53. The molecule has 0 aliphatic carbocycles. The minimum absolute atomic E-state index is 0.0856. The molecule has 0 aliphatic rings. The summed E-state index contributed by atoms with van der Waals surface area (Å²) in [6.07, 6.45) is 1.18. The summed E-state index contributed by atoms with van der Waals surface area (Å²) in [7, 11) is 0. The molecule has 84 valence electrons. The average Bonchev–Trinajstić information content (AvgIpc) is 2.02. The van der Waals surface area contributed by atoms with Crippen LogP contribution in [-0.2, 0) is 0 Å². The third-order valence-corrected chi connectivity index (χ3v) is 3.62. The first-order valence-corrected chi connectivity index (χ1v) is 6.44. The topological polar surface area (TPSA) is 0 Å². The number of hydrogen-bond acceptors (Lipinski definition) is 0. The van der Waals surface area contributed by atoms with Crippen molar-refractivity contribution in [1.82, 2.24) is 0 Å². The molecule has 0 saturated carbocycles. The van der Waals surface area contributed by atoms with Gasteiger partial charge in [-0.2, -0.15) is 0 Å². The third-order valence-electron chi connectivity index (χ3n) is 1.51. The van der Waals surface area contributed by atoms with Gasteiger partial charge in [0.1, 0.15) is 4.49 Å². The highest BCUT2D eigenvalue weighted by atomic mass is 35.6. The molecule has 1 atom stereocenters. The van der Waals surface area contributed by atoms with Crippen molar-refractivity contribution in [1.29, 1.82) is 0 Å². The highest BCUT2D eigenvalue weighted by Crippen LogP contribution is 2.45. The maximum Gasteiger partial charge on any atom is 0.198 e. The van der Waals surface area contributed by atoms with Crippen LogP contribution in [0.4, 0.5) is 0 Å². The Bertz CT molecular complexity index is 201. The molecule has 0 nitrogen and oxygen atoms in total. The standard InChI is InChI=1S/C7H7Cl7/c8-3-1-2-4(7(12,13)14)5(9)6(10)11/h4H,1-3H2. The summed E-state index contributed by atoms with van der Waals surface area (Å²) in [4.78, 5) is 0. The Morgan fingerprint density at radius 1 is 1.07 bits per heavy atom. The molecule has 0 amide bonds. The number of halogens is 7. The Hall–Kier alpha value is 1.77. The summed E-state index contributed by atoms with van der Waals surface area (Å²) in [6, 6.07) is 0. The van der Waals surface area contributed by atoms with Gasteiger partial charge in [0.2, 0.25) is 0 Å². The van der Waals surface area contributed by atoms with Gasteiger partial charge in [-0.05, 0) is 12.8 Å². The number of rotatable bonds is 4. The Morgan fingerprint density at radius 3 is 1.86 bits per heavy atom. The first-order chi connectivity index (χ1) is 6.30. The fourth-order valence-electron chi connectivity index (χ4n) is 0.847. The SMILES string of the molecule is ClCCCC(C(Cl)=C(Cl)Cl)C(Cl)(Cl)Cl. The fraction of sp³-hybridized carbons (Fsp3) is 0.714. The second kappa shape index (κ2) is 7.17. The van der Waals surface area contributed by atoms with Crippen LogP contribution in [0.1, 0.15) is 12.8 Å². The lowest BCUT2D eigenvalue weighted by atomic mass is 10.1. The van der Waals surface area contributed by atoms with Gasteiger partial charge in [-0.1, -0.05) is 69.6 Å². The van der Waals surface area contributed by atoms with E-state index in [0.717, 1.165) is 0 Å². The van der Waals surface area contributed by atoms with Gasteiger partial charge in [0.15, 0.2) is 3.79 Å². The van der Waals surface area contributed by atoms with Crippen molar-refractivity contribution in [3.8, 4) is 0 Å². The molecule has 0 aromatic heterocycles. The van der Waals surface area contributed by atoms with E-state index in [2.05, 4.69) is 0 Å². The molecule has 0 saturated heterocycles. The Labute approximate surface area is 118 Å². The molecular formula is C7H7Cl7. The molecule has 7 heteroatoms. The molecule has 0 fully saturated rings. The van der Waals surface area contributed by atoms with Crippen molar-refractivity contribution in [2.45, 2.75) is 16.6 Å². The van der Waals surface area contributed by atoms with E-state index < -0.39 is 9.71 Å². The molecule has 0 aromatic carbocycles. The molecule has 0 aromatic rings. The average molecular weight is 339 g/mol. The Kier molecular flexibility index (Phi) is 8.07. The lowest BCUT2D eigenvalue weighted by Crippen LogP contribution is -2.20. The van der Waals surface area contributed by atoms with Crippen molar-refractivity contribution >= 4 is 81.2 Å². The first kappa shape index (κ1) is 15.8. The van der Waals surface area contributed by atoms with E-state index in [1.165, 1.54) is 0 Å². The van der Waals surface area contributed by atoms with Crippen molar-refractivity contribution in [3.05, 3.63) is 9.52 Å². The zero-order valence-corrected chi connectivity index (χ0v) is 12.1. The molecule has 0 N–H and O–H groups in total. The van der Waals surface area contributed by atoms with Crippen LogP contribution in [0.3, 0.4) is 0 Å². The van der Waals surface area contributed by atoms with E-state index in [0.29, 0.717) is 18.7 Å². The molecule has 14 heavy (non-hydrogen) atoms. The molecule has 0 bridgehead atoms. The monoisotopic (exact) mass is 336 g/mol. The predicted molar refractivity (Wildman–Crippen MR) is 68.3 cm³/mol. The second-order valence-corrected chi connectivity index (χ2v) is 6.64. The van der Waals surface area contributed by atoms with Crippen LogP contribution in [0, 0.1) is 5.92 Å². The van der Waals surface area contributed by atoms with Crippen LogP contribution >= 0.6 is 81.2 Å². The maximum absolute atomic E-state index is 5.82. The normalized spacial score (nSPS) is 13.9. The molecule has 0 heterocycles. The summed E-state index contributed by atoms with van der Waals surface area (Å²) in [6.45, 7) is 0. The van der Waals surface area contributed by atoms with Crippen LogP contribution in [0.15, 0.2) is 9.52 Å². The minimum Gasteiger partial charge on any atom is -0.127 e. The van der Waals surface area contributed by atoms with E-state index in [1.54, 1.807) is 0 Å². The van der Waals surface area contributed by atoms with E-state index in [1.807, 2.05) is 0 Å².